The van der Waals surface area contributed by atoms with Crippen LogP contribution in [0, 0.1) is 23.7 Å². The Hall–Kier alpha value is -4.81. The van der Waals surface area contributed by atoms with Crippen molar-refractivity contribution in [2.24, 2.45) is 29.4 Å². The summed E-state index contributed by atoms with van der Waals surface area (Å²) in [5.41, 5.74) is 9.45. The highest BCUT2D eigenvalue weighted by Crippen LogP contribution is 2.29. The largest absolute Gasteiger partial charge is 0.488 e. The number of benzene rings is 5. The highest BCUT2D eigenvalue weighted by atomic mass is 79.9. The molecule has 0 saturated carbocycles. The Bertz CT molecular complexity index is 4540. The summed E-state index contributed by atoms with van der Waals surface area (Å²) in [6.07, 6.45) is 9.78. The van der Waals surface area contributed by atoms with E-state index in [1.165, 1.54) is 73.7 Å². The highest BCUT2D eigenvalue weighted by Gasteiger charge is 2.26. The van der Waals surface area contributed by atoms with Gasteiger partial charge in [0.15, 0.2) is 18.0 Å². The zero-order valence-corrected chi connectivity index (χ0v) is 71.8. The van der Waals surface area contributed by atoms with Crippen molar-refractivity contribution < 1.29 is 56.9 Å². The Labute approximate surface area is 660 Å². The van der Waals surface area contributed by atoms with E-state index in [4.69, 9.17) is 26.5 Å². The maximum absolute atomic E-state index is 13.1. The fourth-order valence-corrected chi connectivity index (χ4v) is 18.4. The maximum Gasteiger partial charge on any atom is 0.488 e. The van der Waals surface area contributed by atoms with E-state index < -0.39 is 56.3 Å². The Morgan fingerprint density at radius 1 is 0.510 bits per heavy atom. The quantitative estimate of drug-likeness (QED) is 0.0151. The zero-order chi connectivity index (χ0) is 77.8. The molecule has 104 heavy (non-hydrogen) atoms. The Balaban J connectivity index is 0.000000339. The summed E-state index contributed by atoms with van der Waals surface area (Å²) in [6.45, 7) is 21.0. The summed E-state index contributed by atoms with van der Waals surface area (Å²) in [4.78, 5) is 30.2. The van der Waals surface area contributed by atoms with Gasteiger partial charge >= 0.3 is 7.12 Å². The fourth-order valence-electron chi connectivity index (χ4n) is 8.11. The van der Waals surface area contributed by atoms with Crippen molar-refractivity contribution in [1.29, 1.82) is 0 Å². The molecule has 0 saturated heterocycles. The average Bonchev–Trinajstić information content (AvgIpc) is 0.945. The molecule has 23 nitrogen and oxygen atoms in total. The predicted molar refractivity (Wildman–Crippen MR) is 440 cm³/mol. The summed E-state index contributed by atoms with van der Waals surface area (Å²) < 4.78 is 127. The second kappa shape index (κ2) is 47.2. The third-order valence-electron chi connectivity index (χ3n) is 12.6. The first-order chi connectivity index (χ1) is 48.6. The number of nitrogens with two attached hydrogens (primary N) is 1. The molecule has 0 aliphatic heterocycles. The molecule has 0 unspecified atom stereocenters. The molecule has 0 amide bonds. The monoisotopic (exact) mass is 1810 g/mol. The van der Waals surface area contributed by atoms with E-state index in [0.29, 0.717) is 58.7 Å². The van der Waals surface area contributed by atoms with E-state index in [1.807, 2.05) is 101 Å². The molecule has 9 aromatic rings. The number of thiazole rings is 4. The van der Waals surface area contributed by atoms with Gasteiger partial charge in [-0.1, -0.05) is 159 Å². The SMILES string of the molecule is CC(C)CN.CC(C)CN(Cc1cnc(-c2ccc(NS(C)(=O)=O)cc2)s1)S(=O)(=O)Cc1ccccc1.CC(C)CN(Cc1cnc(Br)s1)S(=O)(=O)Cc1ccccc1.CC(C)CNCc1cnc(Br)s1.CS(=O)(=O)Nc1ccc(B(O)O)cc1.O=Cc1cnc(Br)s1.O=S(=O)(Cl)Cc1ccccc1. The van der Waals surface area contributed by atoms with Gasteiger partial charge < -0.3 is 21.1 Å². The van der Waals surface area contributed by atoms with Crippen LogP contribution >= 0.6 is 104 Å². The van der Waals surface area contributed by atoms with E-state index in [9.17, 15) is 46.9 Å². The summed E-state index contributed by atoms with van der Waals surface area (Å²) in [6, 6.07) is 40.0. The topological polar surface area (TPSA) is 348 Å². The number of halogens is 4. The van der Waals surface area contributed by atoms with Crippen LogP contribution in [-0.4, -0.2) is 133 Å². The molecule has 570 valence electrons. The maximum atomic E-state index is 13.1. The van der Waals surface area contributed by atoms with Gasteiger partial charge in [0.25, 0.3) is 0 Å². The first kappa shape index (κ1) is 93.4. The van der Waals surface area contributed by atoms with Crippen molar-refractivity contribution in [1.82, 2.24) is 33.9 Å². The van der Waals surface area contributed by atoms with Gasteiger partial charge in [-0.15, -0.1) is 45.3 Å². The number of nitrogens with one attached hydrogen (secondary N) is 3. The molecule has 0 radical (unpaired) electrons. The van der Waals surface area contributed by atoms with Gasteiger partial charge in [-0.25, -0.2) is 62.0 Å². The van der Waals surface area contributed by atoms with Crippen LogP contribution in [0.3, 0.4) is 0 Å². The molecule has 0 aliphatic carbocycles. The van der Waals surface area contributed by atoms with Crippen LogP contribution < -0.4 is 26.0 Å². The molecule has 4 aromatic heterocycles. The lowest BCUT2D eigenvalue weighted by Gasteiger charge is -2.23. The number of rotatable bonds is 28. The second-order valence-corrected chi connectivity index (χ2v) is 42.9. The lowest BCUT2D eigenvalue weighted by atomic mass is 9.80. The number of nitrogens with zero attached hydrogens (tertiary/aromatic N) is 6. The van der Waals surface area contributed by atoms with E-state index in [-0.39, 0.29) is 35.6 Å². The van der Waals surface area contributed by atoms with Crippen LogP contribution in [0.25, 0.3) is 10.6 Å². The number of anilines is 2. The molecule has 0 fully saturated rings. The van der Waals surface area contributed by atoms with Gasteiger partial charge in [0.1, 0.15) is 5.01 Å². The number of hydrogen-bond acceptors (Lipinski definition) is 23. The van der Waals surface area contributed by atoms with Crippen LogP contribution in [0.5, 0.6) is 0 Å². The predicted octanol–water partition coefficient (Wildman–Crippen LogP) is 13.5. The lowest BCUT2D eigenvalue weighted by Crippen LogP contribution is -2.34. The van der Waals surface area contributed by atoms with Crippen molar-refractivity contribution in [2.75, 3.05) is 48.1 Å². The first-order valence-electron chi connectivity index (χ1n) is 31.8. The Morgan fingerprint density at radius 3 is 1.21 bits per heavy atom. The first-order valence-corrected chi connectivity index (χ1v) is 46.9. The molecule has 0 aliphatic rings. The normalized spacial score (nSPS) is 11.5. The lowest BCUT2D eigenvalue weighted by molar-refractivity contribution is 0.112. The van der Waals surface area contributed by atoms with E-state index in [2.05, 4.69) is 110 Å². The zero-order valence-electron chi connectivity index (χ0n) is 59.0. The Kier molecular flexibility index (Phi) is 42.4. The molecule has 4 heterocycles. The molecule has 0 spiro atoms. The van der Waals surface area contributed by atoms with Crippen molar-refractivity contribution in [3.05, 3.63) is 212 Å². The van der Waals surface area contributed by atoms with Crippen LogP contribution in [0.4, 0.5) is 11.4 Å². The second-order valence-electron chi connectivity index (χ2n) is 24.4. The van der Waals surface area contributed by atoms with E-state index in [0.717, 1.165) is 81.6 Å². The van der Waals surface area contributed by atoms with Crippen molar-refractivity contribution in [2.45, 2.75) is 92.3 Å². The minimum absolute atomic E-state index is 0.0283. The number of carbonyl (C=O) groups excluding carboxylic acids is 1. The molecule has 5 aromatic carbocycles. The number of sulfonamides is 4. The van der Waals surface area contributed by atoms with Crippen molar-refractivity contribution in [3.8, 4) is 10.6 Å². The van der Waals surface area contributed by atoms with Crippen LogP contribution in [0.1, 0.15) is 96.4 Å². The highest BCUT2D eigenvalue weighted by molar-refractivity contribution is 9.11. The molecular weight excluding hydrogens is 1730 g/mol. The Morgan fingerprint density at radius 2 is 0.885 bits per heavy atom. The van der Waals surface area contributed by atoms with E-state index in [1.54, 1.807) is 76.6 Å². The number of carbonyl (C=O) groups is 1. The molecule has 37 heteroatoms. The minimum atomic E-state index is -3.50. The molecular formula is C67H89BBr3ClN10O13S9. The fraction of sp³-hybridized carbons (Fsp3) is 0.358. The van der Waals surface area contributed by atoms with Gasteiger partial charge in [0, 0.05) is 99.8 Å². The van der Waals surface area contributed by atoms with Crippen molar-refractivity contribution in [3.63, 3.8) is 0 Å². The summed E-state index contributed by atoms with van der Waals surface area (Å²) >= 11 is 15.7. The van der Waals surface area contributed by atoms with Gasteiger partial charge in [0.2, 0.25) is 49.1 Å². The number of hydrogen-bond donors (Lipinski definition) is 6. The summed E-state index contributed by atoms with van der Waals surface area (Å²) in [7, 11) is -13.4. The third kappa shape index (κ3) is 42.1. The van der Waals surface area contributed by atoms with Gasteiger partial charge in [-0.3, -0.25) is 14.2 Å². The van der Waals surface area contributed by atoms with Crippen molar-refractivity contribution >= 4 is 183 Å². The van der Waals surface area contributed by atoms with Gasteiger partial charge in [-0.2, -0.15) is 8.61 Å². The summed E-state index contributed by atoms with van der Waals surface area (Å²) in [5.74, 6) is 1.71. The van der Waals surface area contributed by atoms with Crippen LogP contribution in [0.2, 0.25) is 0 Å². The standard InChI is InChI=1S/C22H27N3O4S3.C15H19BrN2O2S2.C8H13BrN2S.C7H10BNO4S.C7H7ClO2S.C4H2BrNOS.C4H11N/c1-17(2)14-25(32(28,29)16-18-7-5-4-6-8-18)15-21-13-23-22(30-21)19-9-11-20(12-10-19)24-31(3,26)27;1-12(2)9-18(10-14-8-17-15(16)21-14)22(19,20)11-13-6-4-3-5-7-13;1-6(2)3-10-4-7-5-11-8(9)12-7;1-14(12,13)9-7-4-2-6(3-5-7)8(10)11;8-11(9,10)6-7-4-2-1-3-5-7;5-4-6-1-3(2-7)8-4;1-4(2)3-5/h4-13,17,24H,14-16H2,1-3H3;3-8,12H,9-11H2,1-2H3;5-6,10H,3-4H2,1-2H3;2-5,9-11H,1H3;1-5H,6H2;1-2H;4H,3,5H2,1-2H3. The summed E-state index contributed by atoms with van der Waals surface area (Å²) in [5, 5.41) is 21.6. The number of aromatic nitrogens is 4. The van der Waals surface area contributed by atoms with E-state index >= 15 is 0 Å². The van der Waals surface area contributed by atoms with Gasteiger partial charge in [0.05, 0.1) is 34.6 Å². The molecule has 7 N–H and O–H groups in total. The smallest absolute Gasteiger partial charge is 0.423 e. The molecule has 0 bridgehead atoms. The van der Waals surface area contributed by atoms with Crippen LogP contribution in [0.15, 0.2) is 176 Å². The number of aldehydes is 1. The third-order valence-corrected chi connectivity index (χ3v) is 23.8. The minimum Gasteiger partial charge on any atom is -0.423 e. The molecule has 9 rings (SSSR count). The van der Waals surface area contributed by atoms with Crippen LogP contribution in [-0.2, 0) is 86.0 Å². The average molecular weight is 1820 g/mol. The molecule has 0 atom stereocenters. The van der Waals surface area contributed by atoms with Gasteiger partial charge in [-0.05, 0) is 143 Å².